The molecule has 2 aliphatic rings. The number of nitrogens with one attached hydrogen (secondary N) is 5. The summed E-state index contributed by atoms with van der Waals surface area (Å²) in [6.45, 7) is 8.94. The predicted molar refractivity (Wildman–Crippen MR) is 189 cm³/mol. The number of amides is 2. The van der Waals surface area contributed by atoms with Crippen LogP contribution in [0.5, 0.6) is 0 Å². The fraction of sp³-hybridized carbons (Fsp3) is 0.278. The number of anilines is 1. The normalized spacial score (nSPS) is 16.4. The van der Waals surface area contributed by atoms with Crippen molar-refractivity contribution in [3.8, 4) is 22.5 Å². The summed E-state index contributed by atoms with van der Waals surface area (Å²) >= 11 is 0. The third-order valence-electron chi connectivity index (χ3n) is 8.81. The molecular weight excluding hydrogens is 623 g/mol. The van der Waals surface area contributed by atoms with Crippen LogP contribution in [-0.4, -0.2) is 68.9 Å². The second kappa shape index (κ2) is 13.4. The Hall–Kier alpha value is -5.69. The SMILES string of the molecule is CN.CNc1nc2c(-c3cc4c([nH]3)C(C)CNC4=O)cccc2nc1C.Cc1nc2cccc(-c3cc4c([nH]3)C(C)CNC4=O)c2nc1F. The van der Waals surface area contributed by atoms with Crippen molar-refractivity contribution in [2.45, 2.75) is 39.5 Å². The minimum Gasteiger partial charge on any atom is -0.372 e. The van der Waals surface area contributed by atoms with E-state index < -0.39 is 5.95 Å². The zero-order valence-electron chi connectivity index (χ0n) is 28.2. The summed E-state index contributed by atoms with van der Waals surface area (Å²) in [5, 5.41) is 8.86. The topological polar surface area (TPSA) is 179 Å². The van der Waals surface area contributed by atoms with Crippen LogP contribution in [0.1, 0.15) is 69.2 Å². The van der Waals surface area contributed by atoms with Gasteiger partial charge in [-0.3, -0.25) is 9.59 Å². The molecule has 2 atom stereocenters. The van der Waals surface area contributed by atoms with Crippen LogP contribution in [0.2, 0.25) is 0 Å². The van der Waals surface area contributed by atoms with Crippen molar-refractivity contribution in [1.82, 2.24) is 40.5 Å². The summed E-state index contributed by atoms with van der Waals surface area (Å²) in [7, 11) is 3.34. The summed E-state index contributed by atoms with van der Waals surface area (Å²) < 4.78 is 13.8. The van der Waals surface area contributed by atoms with E-state index in [1.165, 1.54) is 7.05 Å². The van der Waals surface area contributed by atoms with Crippen molar-refractivity contribution < 1.29 is 14.0 Å². The van der Waals surface area contributed by atoms with E-state index in [4.69, 9.17) is 4.98 Å². The molecule has 2 unspecified atom stereocenters. The number of halogens is 1. The number of hydrogen-bond donors (Lipinski definition) is 6. The fourth-order valence-electron chi connectivity index (χ4n) is 6.25. The number of aryl methyl sites for hydroxylation is 2. The van der Waals surface area contributed by atoms with Crippen LogP contribution in [0, 0.1) is 19.8 Å². The zero-order chi connectivity index (χ0) is 35.0. The first-order valence-corrected chi connectivity index (χ1v) is 16.1. The first kappa shape index (κ1) is 33.2. The summed E-state index contributed by atoms with van der Waals surface area (Å²) in [4.78, 5) is 48.5. The Balaban J connectivity index is 0.000000162. The molecular formula is C36H39FN10O2. The lowest BCUT2D eigenvalue weighted by Gasteiger charge is -2.18. The number of H-pyrrole nitrogens is 2. The summed E-state index contributed by atoms with van der Waals surface area (Å²) in [6.07, 6.45) is 0. The van der Waals surface area contributed by atoms with Crippen molar-refractivity contribution in [3.63, 3.8) is 0 Å². The van der Waals surface area contributed by atoms with Gasteiger partial charge in [0.05, 0.1) is 33.5 Å². The maximum Gasteiger partial charge on any atom is 0.253 e. The zero-order valence-corrected chi connectivity index (χ0v) is 28.2. The van der Waals surface area contributed by atoms with E-state index in [0.717, 1.165) is 62.0 Å². The molecule has 0 saturated carbocycles. The highest BCUT2D eigenvalue weighted by molar-refractivity contribution is 6.01. The first-order chi connectivity index (χ1) is 23.6. The van der Waals surface area contributed by atoms with Gasteiger partial charge < -0.3 is 31.7 Å². The van der Waals surface area contributed by atoms with Gasteiger partial charge in [-0.2, -0.15) is 4.39 Å². The van der Waals surface area contributed by atoms with Crippen LogP contribution in [-0.2, 0) is 0 Å². The largest absolute Gasteiger partial charge is 0.372 e. The lowest BCUT2D eigenvalue weighted by Crippen LogP contribution is -2.33. The number of hydrogen-bond acceptors (Lipinski definition) is 8. The molecule has 0 radical (unpaired) electrons. The lowest BCUT2D eigenvalue weighted by atomic mass is 9.99. The summed E-state index contributed by atoms with van der Waals surface area (Å²) in [5.74, 6) is 0.543. The molecule has 2 aromatic carbocycles. The van der Waals surface area contributed by atoms with Gasteiger partial charge in [0.2, 0.25) is 5.95 Å². The number of rotatable bonds is 3. The van der Waals surface area contributed by atoms with Gasteiger partial charge in [-0.15, -0.1) is 0 Å². The molecule has 252 valence electrons. The van der Waals surface area contributed by atoms with E-state index in [1.54, 1.807) is 19.1 Å². The number of aromatic amines is 2. The number of nitrogens with two attached hydrogens (primary N) is 1. The van der Waals surface area contributed by atoms with Crippen LogP contribution in [0.15, 0.2) is 48.5 Å². The van der Waals surface area contributed by atoms with Gasteiger partial charge in [-0.1, -0.05) is 38.1 Å². The van der Waals surface area contributed by atoms with E-state index in [-0.39, 0.29) is 29.3 Å². The van der Waals surface area contributed by atoms with Gasteiger partial charge in [0, 0.05) is 65.9 Å². The second-order valence-corrected chi connectivity index (χ2v) is 12.1. The number of benzene rings is 2. The lowest BCUT2D eigenvalue weighted by molar-refractivity contribution is 0.0933. The van der Waals surface area contributed by atoms with E-state index in [0.29, 0.717) is 29.7 Å². The maximum absolute atomic E-state index is 13.8. The number of aromatic nitrogens is 6. The van der Waals surface area contributed by atoms with Crippen LogP contribution in [0.25, 0.3) is 44.6 Å². The summed E-state index contributed by atoms with van der Waals surface area (Å²) in [5.41, 5.74) is 15.0. The van der Waals surface area contributed by atoms with Crippen molar-refractivity contribution >= 4 is 39.7 Å². The number of carbonyl (C=O) groups is 2. The van der Waals surface area contributed by atoms with Gasteiger partial charge in [0.1, 0.15) is 16.9 Å². The Morgan fingerprint density at radius 1 is 0.714 bits per heavy atom. The smallest absolute Gasteiger partial charge is 0.253 e. The third-order valence-corrected chi connectivity index (χ3v) is 8.81. The number of fused-ring (bicyclic) bond motifs is 4. The first-order valence-electron chi connectivity index (χ1n) is 16.1. The van der Waals surface area contributed by atoms with E-state index in [9.17, 15) is 14.0 Å². The fourth-order valence-corrected chi connectivity index (χ4v) is 6.25. The Kier molecular flexibility index (Phi) is 9.11. The van der Waals surface area contributed by atoms with Crippen LogP contribution < -0.4 is 21.7 Å². The molecule has 0 aliphatic carbocycles. The van der Waals surface area contributed by atoms with E-state index in [2.05, 4.69) is 53.5 Å². The van der Waals surface area contributed by atoms with Gasteiger partial charge in [-0.05, 0) is 45.2 Å². The average Bonchev–Trinajstić information content (AvgIpc) is 3.77. The highest BCUT2D eigenvalue weighted by Gasteiger charge is 2.27. The number of carbonyl (C=O) groups excluding carboxylic acids is 2. The van der Waals surface area contributed by atoms with Crippen molar-refractivity contribution in [2.75, 3.05) is 32.5 Å². The van der Waals surface area contributed by atoms with Crippen molar-refractivity contribution in [1.29, 1.82) is 0 Å². The molecule has 4 aromatic heterocycles. The quantitative estimate of drug-likeness (QED) is 0.147. The Morgan fingerprint density at radius 3 is 1.65 bits per heavy atom. The van der Waals surface area contributed by atoms with Crippen LogP contribution >= 0.6 is 0 Å². The number of nitrogens with zero attached hydrogens (tertiary/aromatic N) is 4. The van der Waals surface area contributed by atoms with E-state index >= 15 is 0 Å². The highest BCUT2D eigenvalue weighted by atomic mass is 19.1. The molecule has 6 aromatic rings. The van der Waals surface area contributed by atoms with Crippen LogP contribution in [0.4, 0.5) is 10.2 Å². The minimum atomic E-state index is -0.576. The standard InChI is InChI=1S/C18H19N5O.C17H15FN4O.CH5N/c1-9-8-20-18(24)12-7-14(22-15(9)12)11-5-4-6-13-16(11)23-17(19-3)10(2)21-13;1-8-7-19-17(23)11-6-13(21-14(8)11)10-4-3-5-12-15(10)22-16(18)9(2)20-12;1-2/h4-7,9,22H,8H2,1-3H3,(H,19,23)(H,20,24);3-6,8,21H,7H2,1-2H3,(H,19,23);2H2,1H3. The molecule has 13 heteroatoms. The third kappa shape index (κ3) is 6.08. The Bertz CT molecular complexity index is 2220. The molecule has 0 fully saturated rings. The molecule has 12 nitrogen and oxygen atoms in total. The molecule has 7 N–H and O–H groups in total. The monoisotopic (exact) mass is 662 g/mol. The maximum atomic E-state index is 13.8. The van der Waals surface area contributed by atoms with Gasteiger partial charge in [0.25, 0.3) is 11.8 Å². The second-order valence-electron chi connectivity index (χ2n) is 12.1. The molecule has 0 spiro atoms. The highest BCUT2D eigenvalue weighted by Crippen LogP contribution is 2.34. The van der Waals surface area contributed by atoms with Gasteiger partial charge in [0.15, 0.2) is 0 Å². The van der Waals surface area contributed by atoms with Gasteiger partial charge >= 0.3 is 0 Å². The minimum absolute atomic E-state index is 0.0244. The molecule has 6 heterocycles. The Labute approximate surface area is 282 Å². The van der Waals surface area contributed by atoms with Crippen molar-refractivity contribution in [2.24, 2.45) is 5.73 Å². The molecule has 2 aliphatic heterocycles. The van der Waals surface area contributed by atoms with Crippen LogP contribution in [0.3, 0.4) is 0 Å². The molecule has 49 heavy (non-hydrogen) atoms. The molecule has 8 rings (SSSR count). The average molecular weight is 663 g/mol. The Morgan fingerprint density at radius 2 is 1.18 bits per heavy atom. The summed E-state index contributed by atoms with van der Waals surface area (Å²) in [6, 6.07) is 15.1. The predicted octanol–water partition coefficient (Wildman–Crippen LogP) is 5.32. The number of para-hydroxylation sites is 2. The molecule has 0 bridgehead atoms. The van der Waals surface area contributed by atoms with Crippen molar-refractivity contribution in [3.05, 3.63) is 88.4 Å². The van der Waals surface area contributed by atoms with E-state index in [1.807, 2.05) is 57.3 Å². The molecule has 0 saturated heterocycles. The molecule has 2 amide bonds. The van der Waals surface area contributed by atoms with Gasteiger partial charge in [-0.25, -0.2) is 19.9 Å².